The zero-order valence-corrected chi connectivity index (χ0v) is 5.50. The number of hydrogen-bond acceptors (Lipinski definition) is 3. The molecule has 0 amide bonds. The van der Waals surface area contributed by atoms with Gasteiger partial charge in [0.15, 0.2) is 0 Å². The molecular formula is C6H14N2O2. The summed E-state index contributed by atoms with van der Waals surface area (Å²) in [5.41, 5.74) is 10.1. The zero-order chi connectivity index (χ0) is 11.6. The van der Waals surface area contributed by atoms with E-state index in [2.05, 4.69) is 0 Å². The van der Waals surface area contributed by atoms with Crippen LogP contribution in [0.4, 0.5) is 0 Å². The first-order chi connectivity index (χ1) is 6.16. The zero-order valence-electron chi connectivity index (χ0n) is 9.50. The Kier molecular flexibility index (Phi) is 2.24. The molecule has 5 N–H and O–H groups in total. The molecule has 10 heavy (non-hydrogen) atoms. The summed E-state index contributed by atoms with van der Waals surface area (Å²) in [6.45, 7) is -0.0706. The lowest BCUT2D eigenvalue weighted by atomic mass is 10.1. The Balaban J connectivity index is 4.83. The summed E-state index contributed by atoms with van der Waals surface area (Å²) in [6.07, 6.45) is -5.27. The molecule has 60 valence electrons. The van der Waals surface area contributed by atoms with E-state index in [0.29, 0.717) is 0 Å². The Hall–Kier alpha value is -0.610. The van der Waals surface area contributed by atoms with Crippen molar-refractivity contribution >= 4 is 5.97 Å². The molecule has 1 atom stereocenters. The predicted molar refractivity (Wildman–Crippen MR) is 38.5 cm³/mol. The lowest BCUT2D eigenvalue weighted by Gasteiger charge is -2.03. The van der Waals surface area contributed by atoms with Crippen LogP contribution in [0.25, 0.3) is 0 Å². The molecule has 0 rings (SSSR count). The summed E-state index contributed by atoms with van der Waals surface area (Å²) < 4.78 is 29.2. The van der Waals surface area contributed by atoms with E-state index in [-0.39, 0.29) is 13.0 Å². The molecule has 0 spiro atoms. The molecule has 0 saturated carbocycles. The summed E-state index contributed by atoms with van der Waals surface area (Å²) in [6, 6.07) is -1.90. The fourth-order valence-corrected chi connectivity index (χ4v) is 0.316. The van der Waals surface area contributed by atoms with E-state index in [1.165, 1.54) is 0 Å². The average molecular weight is 150 g/mol. The van der Waals surface area contributed by atoms with Crippen molar-refractivity contribution in [1.29, 1.82) is 0 Å². The van der Waals surface area contributed by atoms with Crippen molar-refractivity contribution in [1.82, 2.24) is 0 Å². The smallest absolute Gasteiger partial charge is 0.320 e. The fraction of sp³-hybridized carbons (Fsp3) is 0.833. The van der Waals surface area contributed by atoms with Gasteiger partial charge in [0, 0.05) is 5.48 Å². The molecule has 0 aromatic carbocycles. The second-order valence-corrected chi connectivity index (χ2v) is 1.68. The van der Waals surface area contributed by atoms with Gasteiger partial charge in [0.2, 0.25) is 0 Å². The first kappa shape index (κ1) is 4.31. The van der Waals surface area contributed by atoms with Gasteiger partial charge in [-0.15, -0.1) is 0 Å². The van der Waals surface area contributed by atoms with E-state index in [1.807, 2.05) is 0 Å². The van der Waals surface area contributed by atoms with Crippen LogP contribution in [0, 0.1) is 0 Å². The average Bonchev–Trinajstić information content (AvgIpc) is 2.02. The van der Waals surface area contributed by atoms with Crippen LogP contribution in [0.2, 0.25) is 0 Å². The molecule has 0 aliphatic heterocycles. The number of hydrogen-bond donors (Lipinski definition) is 3. The molecule has 0 aromatic rings. The van der Waals surface area contributed by atoms with Crippen LogP contribution in [0.3, 0.4) is 0 Å². The van der Waals surface area contributed by atoms with Crippen LogP contribution >= 0.6 is 0 Å². The predicted octanol–water partition coefficient (Wildman–Crippen LogP) is -0.473. The van der Waals surface area contributed by atoms with E-state index in [1.54, 1.807) is 0 Å². The van der Waals surface area contributed by atoms with Crippen molar-refractivity contribution in [3.8, 4) is 0 Å². The van der Waals surface area contributed by atoms with Gasteiger partial charge in [-0.3, -0.25) is 4.79 Å². The number of carbonyl (C=O) groups is 1. The van der Waals surface area contributed by atoms with Gasteiger partial charge in [-0.25, -0.2) is 0 Å². The third-order valence-corrected chi connectivity index (χ3v) is 0.793. The maximum atomic E-state index is 10.4. The summed E-state index contributed by atoms with van der Waals surface area (Å²) >= 11 is 0. The maximum absolute atomic E-state index is 10.4. The van der Waals surface area contributed by atoms with E-state index >= 15 is 0 Å². The minimum Gasteiger partial charge on any atom is -0.480 e. The normalized spacial score (nSPS) is 21.8. The Morgan fingerprint density at radius 3 is 2.80 bits per heavy atom. The summed E-state index contributed by atoms with van der Waals surface area (Å²) in [4.78, 5) is 10.4. The van der Waals surface area contributed by atoms with Gasteiger partial charge in [0.05, 0.1) is 0 Å². The number of aliphatic carboxylic acids is 1. The maximum Gasteiger partial charge on any atom is 0.320 e. The highest BCUT2D eigenvalue weighted by Crippen LogP contribution is 1.96. The van der Waals surface area contributed by atoms with Gasteiger partial charge < -0.3 is 16.6 Å². The number of rotatable bonds is 5. The standard InChI is InChI=1S/C6H14N2O2/c7-4-2-1-3-5(8)6(9)10/h5H,1-4,7-8H2,(H,9,10)/t5-/m0/s1/i1D2,3D2. The number of carboxylic acids is 1. The third-order valence-electron chi connectivity index (χ3n) is 0.793. The van der Waals surface area contributed by atoms with Gasteiger partial charge in [-0.05, 0) is 19.3 Å². The molecule has 0 aliphatic rings. The lowest BCUT2D eigenvalue weighted by Crippen LogP contribution is -2.29. The van der Waals surface area contributed by atoms with Crippen molar-refractivity contribution in [2.75, 3.05) is 6.54 Å². The molecule has 0 unspecified atom stereocenters. The molecule has 4 heteroatoms. The van der Waals surface area contributed by atoms with Crippen LogP contribution in [0.15, 0.2) is 0 Å². The topological polar surface area (TPSA) is 89.3 Å². The van der Waals surface area contributed by atoms with Crippen LogP contribution in [0.5, 0.6) is 0 Å². The molecule has 0 saturated heterocycles. The van der Waals surface area contributed by atoms with Crippen LogP contribution in [-0.2, 0) is 4.79 Å². The molecule has 0 fully saturated rings. The summed E-state index contributed by atoms with van der Waals surface area (Å²) in [7, 11) is 0. The van der Waals surface area contributed by atoms with E-state index in [9.17, 15) is 4.79 Å². The largest absolute Gasteiger partial charge is 0.480 e. The van der Waals surface area contributed by atoms with Crippen molar-refractivity contribution in [3.05, 3.63) is 0 Å². The summed E-state index contributed by atoms with van der Waals surface area (Å²) in [5.74, 6) is -1.57. The molecule has 0 heterocycles. The van der Waals surface area contributed by atoms with Gasteiger partial charge in [-0.2, -0.15) is 0 Å². The van der Waals surface area contributed by atoms with E-state index in [0.717, 1.165) is 0 Å². The molecule has 0 aromatic heterocycles. The highest BCUT2D eigenvalue weighted by molar-refractivity contribution is 5.72. The third kappa shape index (κ3) is 4.29. The lowest BCUT2D eigenvalue weighted by molar-refractivity contribution is -0.138. The Morgan fingerprint density at radius 2 is 2.40 bits per heavy atom. The molecule has 0 radical (unpaired) electrons. The number of carboxylic acid groups (broad SMARTS) is 1. The van der Waals surface area contributed by atoms with Gasteiger partial charge in [-0.1, -0.05) is 6.37 Å². The highest BCUT2D eigenvalue weighted by atomic mass is 16.4. The Labute approximate surface area is 65.8 Å². The SMILES string of the molecule is [2H]C([2H])(CCN)C([2H])([2H])[C@H](N)C(=O)O. The second kappa shape index (κ2) is 5.20. The second-order valence-electron chi connectivity index (χ2n) is 1.68. The van der Waals surface area contributed by atoms with E-state index < -0.39 is 24.8 Å². The molecule has 0 aliphatic carbocycles. The van der Waals surface area contributed by atoms with Crippen molar-refractivity contribution in [2.45, 2.75) is 25.2 Å². The van der Waals surface area contributed by atoms with Crippen molar-refractivity contribution in [2.24, 2.45) is 11.5 Å². The highest BCUT2D eigenvalue weighted by Gasteiger charge is 2.09. The first-order valence-corrected chi connectivity index (χ1v) is 2.85. The molecule has 0 bridgehead atoms. The van der Waals surface area contributed by atoms with Gasteiger partial charge in [0.1, 0.15) is 6.04 Å². The Morgan fingerprint density at radius 1 is 1.80 bits per heavy atom. The quantitative estimate of drug-likeness (QED) is 0.494. The minimum atomic E-state index is -2.64. The molecular weight excluding hydrogens is 132 g/mol. The van der Waals surface area contributed by atoms with Crippen LogP contribution < -0.4 is 11.5 Å². The molecule has 4 nitrogen and oxygen atoms in total. The summed E-state index contributed by atoms with van der Waals surface area (Å²) in [5, 5.41) is 8.49. The van der Waals surface area contributed by atoms with Gasteiger partial charge >= 0.3 is 5.97 Å². The van der Waals surface area contributed by atoms with E-state index in [4.69, 9.17) is 22.1 Å². The minimum absolute atomic E-state index is 0.0706. The fourth-order valence-electron chi connectivity index (χ4n) is 0.316. The van der Waals surface area contributed by atoms with Crippen LogP contribution in [0.1, 0.15) is 24.6 Å². The Bertz CT molecular complexity index is 222. The van der Waals surface area contributed by atoms with Gasteiger partial charge in [0.25, 0.3) is 0 Å². The van der Waals surface area contributed by atoms with Crippen LogP contribution in [-0.4, -0.2) is 23.7 Å². The monoisotopic (exact) mass is 150 g/mol. The first-order valence-electron chi connectivity index (χ1n) is 4.85. The number of nitrogens with two attached hydrogens (primary N) is 2. The van der Waals surface area contributed by atoms with Crippen molar-refractivity contribution < 1.29 is 15.4 Å². The van der Waals surface area contributed by atoms with Crippen molar-refractivity contribution in [3.63, 3.8) is 0 Å².